The third-order valence-electron chi connectivity index (χ3n) is 1.95. The van der Waals surface area contributed by atoms with E-state index in [9.17, 15) is 13.2 Å². The second-order valence-corrected chi connectivity index (χ2v) is 6.76. The Kier molecular flexibility index (Phi) is 4.60. The van der Waals surface area contributed by atoms with Gasteiger partial charge in [0.25, 0.3) is 0 Å². The van der Waals surface area contributed by atoms with E-state index >= 15 is 0 Å². The third kappa shape index (κ3) is 4.06. The Labute approximate surface area is 102 Å². The molecule has 17 heavy (non-hydrogen) atoms. The second-order valence-electron chi connectivity index (χ2n) is 3.29. The summed E-state index contributed by atoms with van der Waals surface area (Å²) in [5.41, 5.74) is -0.496. The standard InChI is InChI=1S/C7H14N4O4S2/c1-2-3-6-9-10(7(12)11(6)8)4-5-16-17(13,14)15/h2-5,8H2,1H3,(H,13,14,15). The molecule has 0 saturated heterocycles. The topological polar surface area (TPSA) is 120 Å². The van der Waals surface area contributed by atoms with E-state index in [2.05, 4.69) is 5.10 Å². The van der Waals surface area contributed by atoms with Crippen LogP contribution in [-0.4, -0.2) is 33.2 Å². The van der Waals surface area contributed by atoms with Crippen LogP contribution in [0.1, 0.15) is 19.2 Å². The van der Waals surface area contributed by atoms with E-state index < -0.39 is 14.8 Å². The Bertz CT molecular complexity index is 533. The summed E-state index contributed by atoms with van der Waals surface area (Å²) in [6.07, 6.45) is 1.37. The second kappa shape index (κ2) is 5.56. The van der Waals surface area contributed by atoms with Crippen LogP contribution in [0.25, 0.3) is 0 Å². The average molecular weight is 282 g/mol. The first-order valence-corrected chi connectivity index (χ1v) is 7.85. The highest BCUT2D eigenvalue weighted by atomic mass is 33.1. The molecule has 0 bridgehead atoms. The van der Waals surface area contributed by atoms with Crippen molar-refractivity contribution in [1.82, 2.24) is 14.5 Å². The van der Waals surface area contributed by atoms with Crippen molar-refractivity contribution in [2.45, 2.75) is 26.3 Å². The summed E-state index contributed by atoms with van der Waals surface area (Å²) in [7, 11) is -3.74. The molecule has 1 heterocycles. The van der Waals surface area contributed by atoms with Crippen LogP contribution in [-0.2, 0) is 22.1 Å². The van der Waals surface area contributed by atoms with Crippen LogP contribution in [0.2, 0.25) is 0 Å². The number of nitrogen functional groups attached to an aromatic ring is 1. The summed E-state index contributed by atoms with van der Waals surface area (Å²) in [5.74, 6) is 5.98. The number of rotatable bonds is 6. The number of nitrogens with two attached hydrogens (primary N) is 1. The van der Waals surface area contributed by atoms with E-state index in [1.807, 2.05) is 6.92 Å². The molecule has 0 atom stereocenters. The van der Waals surface area contributed by atoms with Crippen LogP contribution >= 0.6 is 10.8 Å². The van der Waals surface area contributed by atoms with Crippen LogP contribution < -0.4 is 11.5 Å². The monoisotopic (exact) mass is 282 g/mol. The van der Waals surface area contributed by atoms with Crippen molar-refractivity contribution in [1.29, 1.82) is 0 Å². The summed E-state index contributed by atoms with van der Waals surface area (Å²) in [4.78, 5) is 11.5. The molecule has 10 heteroatoms. The predicted octanol–water partition coefficient (Wildman–Crippen LogP) is -0.753. The first-order valence-electron chi connectivity index (χ1n) is 4.90. The molecule has 0 aromatic carbocycles. The fourth-order valence-corrected chi connectivity index (χ4v) is 2.55. The number of aryl methyl sites for hydroxylation is 2. The lowest BCUT2D eigenvalue weighted by Gasteiger charge is -1.96. The molecule has 0 saturated carbocycles. The molecular formula is C7H14N4O4S2. The predicted molar refractivity (Wildman–Crippen MR) is 64.6 cm³/mol. The molecule has 1 aromatic heterocycles. The van der Waals surface area contributed by atoms with Crippen LogP contribution in [0, 0.1) is 0 Å². The van der Waals surface area contributed by atoms with Crippen molar-refractivity contribution in [3.8, 4) is 0 Å². The van der Waals surface area contributed by atoms with Gasteiger partial charge in [-0.15, -0.1) is 0 Å². The summed E-state index contributed by atoms with van der Waals surface area (Å²) >= 11 is 0. The lowest BCUT2D eigenvalue weighted by molar-refractivity contribution is 0.502. The molecule has 0 unspecified atom stereocenters. The molecular weight excluding hydrogens is 268 g/mol. The normalized spacial score (nSPS) is 11.9. The Morgan fingerprint density at radius 3 is 2.71 bits per heavy atom. The molecule has 0 fully saturated rings. The molecule has 1 rings (SSSR count). The van der Waals surface area contributed by atoms with Gasteiger partial charge in [0.05, 0.1) is 6.54 Å². The molecule has 0 radical (unpaired) electrons. The van der Waals surface area contributed by atoms with Gasteiger partial charge in [-0.25, -0.2) is 9.48 Å². The molecule has 0 spiro atoms. The van der Waals surface area contributed by atoms with Crippen molar-refractivity contribution in [3.63, 3.8) is 0 Å². The van der Waals surface area contributed by atoms with E-state index in [4.69, 9.17) is 10.4 Å². The lowest BCUT2D eigenvalue weighted by Crippen LogP contribution is -2.31. The van der Waals surface area contributed by atoms with E-state index in [1.54, 1.807) is 0 Å². The highest BCUT2D eigenvalue weighted by Gasteiger charge is 2.11. The van der Waals surface area contributed by atoms with Gasteiger partial charge < -0.3 is 5.84 Å². The van der Waals surface area contributed by atoms with Gasteiger partial charge in [0.15, 0.2) is 5.82 Å². The maximum atomic E-state index is 11.5. The van der Waals surface area contributed by atoms with Crippen molar-refractivity contribution < 1.29 is 13.0 Å². The highest BCUT2D eigenvalue weighted by molar-refractivity contribution is 8.69. The van der Waals surface area contributed by atoms with E-state index in [-0.39, 0.29) is 12.3 Å². The number of hydrogen-bond donors (Lipinski definition) is 2. The van der Waals surface area contributed by atoms with Crippen molar-refractivity contribution >= 4 is 19.9 Å². The average Bonchev–Trinajstić information content (AvgIpc) is 2.46. The minimum atomic E-state index is -4.09. The molecule has 1 aromatic rings. The Morgan fingerprint density at radius 1 is 1.53 bits per heavy atom. The largest absolute Gasteiger partial charge is 0.364 e. The maximum absolute atomic E-state index is 11.5. The zero-order chi connectivity index (χ0) is 13.1. The van der Waals surface area contributed by atoms with E-state index in [0.717, 1.165) is 15.8 Å². The molecule has 0 aliphatic heterocycles. The van der Waals surface area contributed by atoms with Crippen LogP contribution in [0.3, 0.4) is 0 Å². The first kappa shape index (κ1) is 14.1. The van der Waals surface area contributed by atoms with Crippen LogP contribution in [0.15, 0.2) is 4.79 Å². The molecule has 0 aliphatic rings. The molecule has 3 N–H and O–H groups in total. The SMILES string of the molecule is CCCc1nn(CCSS(=O)(=O)O)c(=O)n1N. The van der Waals surface area contributed by atoms with E-state index in [0.29, 0.717) is 23.0 Å². The Balaban J connectivity index is 2.72. The number of aromatic nitrogens is 3. The van der Waals surface area contributed by atoms with Gasteiger partial charge in [0, 0.05) is 12.2 Å². The van der Waals surface area contributed by atoms with Crippen molar-refractivity contribution in [2.24, 2.45) is 0 Å². The molecule has 0 amide bonds. The quantitative estimate of drug-likeness (QED) is 0.400. The smallest absolute Gasteiger partial charge is 0.333 e. The van der Waals surface area contributed by atoms with Crippen molar-refractivity contribution in [3.05, 3.63) is 16.3 Å². The number of hydrogen-bond acceptors (Lipinski definition) is 6. The van der Waals surface area contributed by atoms with Gasteiger partial charge in [-0.2, -0.15) is 18.2 Å². The fourth-order valence-electron chi connectivity index (χ4n) is 1.23. The van der Waals surface area contributed by atoms with Gasteiger partial charge in [-0.1, -0.05) is 6.92 Å². The summed E-state index contributed by atoms with van der Waals surface area (Å²) in [5, 5.41) is 3.97. The lowest BCUT2D eigenvalue weighted by atomic mass is 10.3. The molecule has 8 nitrogen and oxygen atoms in total. The number of nitrogens with zero attached hydrogens (tertiary/aromatic N) is 3. The molecule has 98 valence electrons. The van der Waals surface area contributed by atoms with Gasteiger partial charge in [-0.05, 0) is 17.2 Å². The van der Waals surface area contributed by atoms with Gasteiger partial charge in [-0.3, -0.25) is 4.55 Å². The summed E-state index contributed by atoms with van der Waals surface area (Å²) < 4.78 is 31.5. The van der Waals surface area contributed by atoms with Crippen LogP contribution in [0.4, 0.5) is 0 Å². The third-order valence-corrected chi connectivity index (χ3v) is 3.99. The Morgan fingerprint density at radius 2 is 2.18 bits per heavy atom. The van der Waals surface area contributed by atoms with Crippen LogP contribution in [0.5, 0.6) is 0 Å². The van der Waals surface area contributed by atoms with Crippen molar-refractivity contribution in [2.75, 3.05) is 11.6 Å². The minimum Gasteiger partial charge on any atom is -0.333 e. The zero-order valence-corrected chi connectivity index (χ0v) is 10.9. The molecule has 0 aliphatic carbocycles. The van der Waals surface area contributed by atoms with E-state index in [1.165, 1.54) is 0 Å². The fraction of sp³-hybridized carbons (Fsp3) is 0.714. The summed E-state index contributed by atoms with van der Waals surface area (Å²) in [6, 6.07) is 0. The Hall–Kier alpha value is -1.00. The maximum Gasteiger partial charge on any atom is 0.364 e. The van der Waals surface area contributed by atoms with Gasteiger partial charge in [0.1, 0.15) is 0 Å². The zero-order valence-electron chi connectivity index (χ0n) is 9.24. The van der Waals surface area contributed by atoms with Gasteiger partial charge >= 0.3 is 14.8 Å². The van der Waals surface area contributed by atoms with Gasteiger partial charge in [0.2, 0.25) is 0 Å². The highest BCUT2D eigenvalue weighted by Crippen LogP contribution is 2.08. The minimum absolute atomic E-state index is 0.0291. The first-order chi connectivity index (χ1) is 7.85. The summed E-state index contributed by atoms with van der Waals surface area (Å²) in [6.45, 7) is 2.00.